The van der Waals surface area contributed by atoms with Gasteiger partial charge < -0.3 is 15.7 Å². The Hall–Kier alpha value is -3.55. The van der Waals surface area contributed by atoms with Crippen molar-refractivity contribution in [3.05, 3.63) is 66.1 Å². The first-order chi connectivity index (χ1) is 12.6. The fraction of sp³-hybridized carbons (Fsp3) is 0.111. The smallest absolute Gasteiger partial charge is 0.322 e. The van der Waals surface area contributed by atoms with Gasteiger partial charge in [0.05, 0.1) is 11.4 Å². The van der Waals surface area contributed by atoms with Gasteiger partial charge in [0, 0.05) is 24.4 Å². The number of carboxylic acids is 1. The third kappa shape index (κ3) is 4.50. The lowest BCUT2D eigenvalue weighted by molar-refractivity contribution is -0.134. The van der Waals surface area contributed by atoms with E-state index in [9.17, 15) is 9.18 Å². The first-order valence-corrected chi connectivity index (χ1v) is 7.85. The second-order valence-electron chi connectivity index (χ2n) is 5.37. The van der Waals surface area contributed by atoms with Crippen LogP contribution in [-0.2, 0) is 11.3 Å². The number of nitrogens with zero attached hydrogens (tertiary/aromatic N) is 3. The largest absolute Gasteiger partial charge is 0.480 e. The molecule has 0 fully saturated rings. The van der Waals surface area contributed by atoms with Gasteiger partial charge in [-0.05, 0) is 18.2 Å². The van der Waals surface area contributed by atoms with Gasteiger partial charge in [0.1, 0.15) is 18.2 Å². The molecule has 1 aromatic carbocycles. The van der Waals surface area contributed by atoms with Crippen LogP contribution in [0.1, 0.15) is 5.56 Å². The quantitative estimate of drug-likeness (QED) is 0.600. The second kappa shape index (κ2) is 8.02. The number of aromatic nitrogens is 3. The number of benzene rings is 1. The number of carboxylic acid groups (broad SMARTS) is 1. The molecule has 7 nitrogen and oxygen atoms in total. The van der Waals surface area contributed by atoms with Crippen LogP contribution in [0, 0.1) is 5.82 Å². The van der Waals surface area contributed by atoms with E-state index < -0.39 is 5.97 Å². The average molecular weight is 353 g/mol. The van der Waals surface area contributed by atoms with E-state index >= 15 is 0 Å². The van der Waals surface area contributed by atoms with Crippen molar-refractivity contribution in [2.45, 2.75) is 6.54 Å². The Balaban J connectivity index is 1.86. The van der Waals surface area contributed by atoms with Crippen molar-refractivity contribution in [3.8, 4) is 11.4 Å². The molecule has 3 N–H and O–H groups in total. The summed E-state index contributed by atoms with van der Waals surface area (Å²) in [5.74, 6) is -0.774. The van der Waals surface area contributed by atoms with Crippen LogP contribution < -0.4 is 10.6 Å². The molecule has 0 aliphatic heterocycles. The number of carbonyl (C=O) groups is 1. The fourth-order valence-electron chi connectivity index (χ4n) is 2.24. The summed E-state index contributed by atoms with van der Waals surface area (Å²) in [6.45, 7) is -0.0951. The maximum atomic E-state index is 13.8. The van der Waals surface area contributed by atoms with Crippen LogP contribution in [0.5, 0.6) is 0 Å². The van der Waals surface area contributed by atoms with Crippen molar-refractivity contribution >= 4 is 17.7 Å². The predicted molar refractivity (Wildman–Crippen MR) is 95.1 cm³/mol. The highest BCUT2D eigenvalue weighted by atomic mass is 19.1. The van der Waals surface area contributed by atoms with Crippen molar-refractivity contribution in [1.29, 1.82) is 0 Å². The van der Waals surface area contributed by atoms with Crippen LogP contribution in [0.4, 0.5) is 16.2 Å². The van der Waals surface area contributed by atoms with Gasteiger partial charge >= 0.3 is 5.97 Å². The molecule has 3 aromatic rings. The van der Waals surface area contributed by atoms with Gasteiger partial charge in [-0.3, -0.25) is 9.78 Å². The van der Waals surface area contributed by atoms with Crippen molar-refractivity contribution < 1.29 is 14.3 Å². The Morgan fingerprint density at radius 3 is 2.58 bits per heavy atom. The topological polar surface area (TPSA) is 100 Å². The zero-order valence-electron chi connectivity index (χ0n) is 13.7. The summed E-state index contributed by atoms with van der Waals surface area (Å²) in [6, 6.07) is 13.5. The Morgan fingerprint density at radius 1 is 1.04 bits per heavy atom. The van der Waals surface area contributed by atoms with Crippen molar-refractivity contribution in [2.75, 3.05) is 17.2 Å². The minimum absolute atomic E-state index is 0.145. The standard InChI is InChI=1S/C18H16FN5O2/c19-13-6-2-1-5-12(13)10-21-16-9-15(14-7-3-4-8-20-14)23-18(24-16)22-11-17(25)26/h1-9H,10-11H2,(H,25,26)(H2,21,22,23,24). The molecule has 0 aliphatic rings. The van der Waals surface area contributed by atoms with Crippen LogP contribution in [0.3, 0.4) is 0 Å². The number of anilines is 2. The maximum absolute atomic E-state index is 13.8. The van der Waals surface area contributed by atoms with Gasteiger partial charge in [0.25, 0.3) is 0 Å². The van der Waals surface area contributed by atoms with Crippen LogP contribution in [-0.4, -0.2) is 32.6 Å². The minimum Gasteiger partial charge on any atom is -0.480 e. The number of nitrogens with one attached hydrogen (secondary N) is 2. The Kier molecular flexibility index (Phi) is 5.33. The van der Waals surface area contributed by atoms with E-state index in [1.54, 1.807) is 42.6 Å². The van der Waals surface area contributed by atoms with Gasteiger partial charge in [-0.2, -0.15) is 4.98 Å². The normalized spacial score (nSPS) is 10.3. The van der Waals surface area contributed by atoms with Crippen molar-refractivity contribution in [3.63, 3.8) is 0 Å². The molecule has 0 saturated heterocycles. The molecule has 0 spiro atoms. The van der Waals surface area contributed by atoms with Gasteiger partial charge in [-0.15, -0.1) is 0 Å². The summed E-state index contributed by atoms with van der Waals surface area (Å²) in [6.07, 6.45) is 1.63. The summed E-state index contributed by atoms with van der Waals surface area (Å²) >= 11 is 0. The van der Waals surface area contributed by atoms with Crippen LogP contribution in [0.2, 0.25) is 0 Å². The Bertz CT molecular complexity index is 905. The lowest BCUT2D eigenvalue weighted by Crippen LogP contribution is -2.15. The van der Waals surface area contributed by atoms with E-state index in [0.717, 1.165) is 0 Å². The Morgan fingerprint density at radius 2 is 1.85 bits per heavy atom. The molecular formula is C18H16FN5O2. The lowest BCUT2D eigenvalue weighted by Gasteiger charge is -2.11. The number of halogens is 1. The summed E-state index contributed by atoms with van der Waals surface area (Å²) in [4.78, 5) is 23.5. The minimum atomic E-state index is -1.03. The number of aliphatic carboxylic acids is 1. The van der Waals surface area contributed by atoms with E-state index in [-0.39, 0.29) is 24.9 Å². The van der Waals surface area contributed by atoms with Crippen LogP contribution >= 0.6 is 0 Å². The first kappa shape index (κ1) is 17.3. The van der Waals surface area contributed by atoms with E-state index in [1.807, 2.05) is 6.07 Å². The Labute approximate surface area is 149 Å². The highest BCUT2D eigenvalue weighted by Crippen LogP contribution is 2.20. The first-order valence-electron chi connectivity index (χ1n) is 7.85. The molecule has 26 heavy (non-hydrogen) atoms. The van der Waals surface area contributed by atoms with E-state index in [0.29, 0.717) is 22.8 Å². The number of hydrogen-bond donors (Lipinski definition) is 3. The zero-order chi connectivity index (χ0) is 18.4. The molecule has 132 valence electrons. The molecule has 0 bridgehead atoms. The zero-order valence-corrected chi connectivity index (χ0v) is 13.7. The van der Waals surface area contributed by atoms with Crippen molar-refractivity contribution in [1.82, 2.24) is 15.0 Å². The molecular weight excluding hydrogens is 337 g/mol. The van der Waals surface area contributed by atoms with Crippen molar-refractivity contribution in [2.24, 2.45) is 0 Å². The number of hydrogen-bond acceptors (Lipinski definition) is 6. The molecule has 8 heteroatoms. The molecule has 0 aliphatic carbocycles. The van der Waals surface area contributed by atoms with Gasteiger partial charge in [-0.25, -0.2) is 9.37 Å². The number of rotatable bonds is 7. The molecule has 3 rings (SSSR count). The van der Waals surface area contributed by atoms with Gasteiger partial charge in [0.2, 0.25) is 5.95 Å². The molecule has 2 aromatic heterocycles. The van der Waals surface area contributed by atoms with E-state index in [4.69, 9.17) is 5.11 Å². The SMILES string of the molecule is O=C(O)CNc1nc(NCc2ccccc2F)cc(-c2ccccn2)n1. The molecule has 0 radical (unpaired) electrons. The van der Waals surface area contributed by atoms with Crippen LogP contribution in [0.15, 0.2) is 54.7 Å². The summed E-state index contributed by atoms with van der Waals surface area (Å²) in [5, 5.41) is 14.5. The molecule has 2 heterocycles. The lowest BCUT2D eigenvalue weighted by atomic mass is 10.2. The molecule has 0 saturated carbocycles. The summed E-state index contributed by atoms with van der Waals surface area (Å²) < 4.78 is 13.8. The second-order valence-corrected chi connectivity index (χ2v) is 5.37. The summed E-state index contributed by atoms with van der Waals surface area (Å²) in [5.41, 5.74) is 1.62. The molecule has 0 amide bonds. The monoisotopic (exact) mass is 353 g/mol. The summed E-state index contributed by atoms with van der Waals surface area (Å²) in [7, 11) is 0. The molecule has 0 atom stereocenters. The van der Waals surface area contributed by atoms with Gasteiger partial charge in [0.15, 0.2) is 0 Å². The maximum Gasteiger partial charge on any atom is 0.322 e. The third-order valence-corrected chi connectivity index (χ3v) is 3.47. The van der Waals surface area contributed by atoms with Crippen LogP contribution in [0.25, 0.3) is 11.4 Å². The average Bonchev–Trinajstić information content (AvgIpc) is 2.66. The third-order valence-electron chi connectivity index (χ3n) is 3.47. The van der Waals surface area contributed by atoms with E-state index in [1.165, 1.54) is 6.07 Å². The molecule has 0 unspecified atom stereocenters. The number of pyridine rings is 1. The predicted octanol–water partition coefficient (Wildman–Crippen LogP) is 2.79. The van der Waals surface area contributed by atoms with E-state index in [2.05, 4.69) is 25.6 Å². The highest BCUT2D eigenvalue weighted by Gasteiger charge is 2.09. The van der Waals surface area contributed by atoms with Gasteiger partial charge in [-0.1, -0.05) is 24.3 Å². The highest BCUT2D eigenvalue weighted by molar-refractivity contribution is 5.72. The fourth-order valence-corrected chi connectivity index (χ4v) is 2.24.